The Morgan fingerprint density at radius 2 is 1.75 bits per heavy atom. The lowest BCUT2D eigenvalue weighted by molar-refractivity contribution is 0.306. The van der Waals surface area contributed by atoms with E-state index in [2.05, 4.69) is 10.1 Å². The predicted octanol–water partition coefficient (Wildman–Crippen LogP) is 3.75. The molecule has 0 bridgehead atoms. The summed E-state index contributed by atoms with van der Waals surface area (Å²) in [6.45, 7) is 2.55. The maximum Gasteiger partial charge on any atom is 0.258 e. The van der Waals surface area contributed by atoms with E-state index in [0.717, 1.165) is 17.2 Å². The quantitative estimate of drug-likeness (QED) is 0.665. The highest BCUT2D eigenvalue weighted by molar-refractivity contribution is 7.89. The average molecular weight is 401 g/mol. The highest BCUT2D eigenvalue weighted by atomic mass is 32.2. The van der Waals surface area contributed by atoms with E-state index < -0.39 is 15.8 Å². The molecule has 0 amide bonds. The summed E-state index contributed by atoms with van der Waals surface area (Å²) in [6.07, 6.45) is 1.11. The van der Waals surface area contributed by atoms with Gasteiger partial charge >= 0.3 is 0 Å². The number of piperidine rings is 1. The van der Waals surface area contributed by atoms with Gasteiger partial charge in [-0.2, -0.15) is 9.29 Å². The summed E-state index contributed by atoms with van der Waals surface area (Å²) >= 11 is 0. The Morgan fingerprint density at radius 1 is 1.07 bits per heavy atom. The Balaban J connectivity index is 1.48. The molecule has 0 saturated carbocycles. The third kappa shape index (κ3) is 3.45. The molecule has 0 atom stereocenters. The van der Waals surface area contributed by atoms with Crippen LogP contribution >= 0.6 is 0 Å². The third-order valence-corrected chi connectivity index (χ3v) is 7.02. The molecule has 0 N–H and O–H groups in total. The Morgan fingerprint density at radius 3 is 2.46 bits per heavy atom. The van der Waals surface area contributed by atoms with Gasteiger partial charge in [0.05, 0.1) is 0 Å². The van der Waals surface area contributed by atoms with Crippen molar-refractivity contribution in [1.29, 1.82) is 0 Å². The molecule has 146 valence electrons. The molecule has 2 aromatic carbocycles. The molecule has 0 spiro atoms. The van der Waals surface area contributed by atoms with Crippen molar-refractivity contribution in [3.63, 3.8) is 0 Å². The van der Waals surface area contributed by atoms with Crippen molar-refractivity contribution in [2.75, 3.05) is 13.1 Å². The van der Waals surface area contributed by atoms with Crippen LogP contribution in [-0.4, -0.2) is 36.0 Å². The molecular formula is C20H20FN3O3S. The van der Waals surface area contributed by atoms with Gasteiger partial charge in [-0.15, -0.1) is 0 Å². The molecule has 28 heavy (non-hydrogen) atoms. The Hall–Kier alpha value is -2.58. The van der Waals surface area contributed by atoms with Crippen LogP contribution in [0.1, 0.15) is 30.1 Å². The van der Waals surface area contributed by atoms with Crippen molar-refractivity contribution in [2.24, 2.45) is 0 Å². The molecule has 1 aromatic heterocycles. The first-order chi connectivity index (χ1) is 13.5. The lowest BCUT2D eigenvalue weighted by atomic mass is 9.97. The van der Waals surface area contributed by atoms with Crippen LogP contribution < -0.4 is 0 Å². The summed E-state index contributed by atoms with van der Waals surface area (Å²) < 4.78 is 46.1. The molecule has 1 fully saturated rings. The minimum absolute atomic E-state index is 0.00795. The SMILES string of the molecule is Cc1ccccc1-c1nc(C2CCN(S(=O)(=O)c3ccccc3F)CC2)no1. The standard InChI is InChI=1S/C20H20FN3O3S/c1-14-6-2-3-7-16(14)20-22-19(23-27-20)15-10-12-24(13-11-15)28(25,26)18-9-5-4-8-17(18)21/h2-9,15H,10-13H2,1H3. The van der Waals surface area contributed by atoms with Gasteiger partial charge in [0.2, 0.25) is 10.0 Å². The van der Waals surface area contributed by atoms with Gasteiger partial charge < -0.3 is 4.52 Å². The van der Waals surface area contributed by atoms with E-state index in [4.69, 9.17) is 4.52 Å². The molecule has 4 rings (SSSR count). The summed E-state index contributed by atoms with van der Waals surface area (Å²) in [5, 5.41) is 4.10. The summed E-state index contributed by atoms with van der Waals surface area (Å²) in [6, 6.07) is 13.2. The molecule has 1 aliphatic heterocycles. The van der Waals surface area contributed by atoms with E-state index in [9.17, 15) is 12.8 Å². The lowest BCUT2D eigenvalue weighted by Crippen LogP contribution is -2.38. The second kappa shape index (κ2) is 7.44. The fraction of sp³-hybridized carbons (Fsp3) is 0.300. The van der Waals surface area contributed by atoms with E-state index in [-0.39, 0.29) is 23.9 Å². The van der Waals surface area contributed by atoms with Crippen molar-refractivity contribution in [2.45, 2.75) is 30.6 Å². The van der Waals surface area contributed by atoms with E-state index in [0.29, 0.717) is 24.6 Å². The zero-order valence-electron chi connectivity index (χ0n) is 15.4. The second-order valence-electron chi connectivity index (χ2n) is 6.88. The van der Waals surface area contributed by atoms with Crippen molar-refractivity contribution >= 4 is 10.0 Å². The summed E-state index contributed by atoms with van der Waals surface area (Å²) in [5.74, 6) is 0.329. The highest BCUT2D eigenvalue weighted by Crippen LogP contribution is 2.31. The van der Waals surface area contributed by atoms with Gasteiger partial charge in [0.15, 0.2) is 5.82 Å². The van der Waals surface area contributed by atoms with E-state index in [1.807, 2.05) is 31.2 Å². The van der Waals surface area contributed by atoms with Crippen LogP contribution in [0, 0.1) is 12.7 Å². The maximum absolute atomic E-state index is 13.9. The first kappa shape index (κ1) is 18.8. The van der Waals surface area contributed by atoms with Gasteiger partial charge in [0.1, 0.15) is 10.7 Å². The van der Waals surface area contributed by atoms with Crippen LogP contribution in [0.15, 0.2) is 57.9 Å². The summed E-state index contributed by atoms with van der Waals surface area (Å²) in [7, 11) is -3.85. The van der Waals surface area contributed by atoms with Crippen LogP contribution in [-0.2, 0) is 10.0 Å². The molecule has 3 aromatic rings. The topological polar surface area (TPSA) is 76.3 Å². The molecule has 1 saturated heterocycles. The van der Waals surface area contributed by atoms with Crippen molar-refractivity contribution in [1.82, 2.24) is 14.4 Å². The number of aromatic nitrogens is 2. The number of sulfonamides is 1. The van der Waals surface area contributed by atoms with Gasteiger partial charge in [-0.1, -0.05) is 35.5 Å². The number of rotatable bonds is 4. The maximum atomic E-state index is 13.9. The van der Waals surface area contributed by atoms with Gasteiger partial charge in [-0.3, -0.25) is 0 Å². The summed E-state index contributed by atoms with van der Waals surface area (Å²) in [4.78, 5) is 4.24. The van der Waals surface area contributed by atoms with Crippen molar-refractivity contribution < 1.29 is 17.3 Å². The number of benzene rings is 2. The number of hydrogen-bond acceptors (Lipinski definition) is 5. The number of aryl methyl sites for hydroxylation is 1. The third-order valence-electron chi connectivity index (χ3n) is 5.09. The van der Waals surface area contributed by atoms with Gasteiger partial charge in [-0.25, -0.2) is 12.8 Å². The molecule has 6 nitrogen and oxygen atoms in total. The lowest BCUT2D eigenvalue weighted by Gasteiger charge is -2.29. The second-order valence-corrected chi connectivity index (χ2v) is 8.79. The van der Waals surface area contributed by atoms with Crippen LogP contribution in [0.2, 0.25) is 0 Å². The fourth-order valence-electron chi connectivity index (χ4n) is 3.47. The Bertz CT molecular complexity index is 1090. The fourth-order valence-corrected chi connectivity index (χ4v) is 5.01. The normalized spacial score (nSPS) is 16.4. The van der Waals surface area contributed by atoms with E-state index >= 15 is 0 Å². The van der Waals surface area contributed by atoms with Crippen LogP contribution in [0.5, 0.6) is 0 Å². The van der Waals surface area contributed by atoms with Gasteiger partial charge in [-0.05, 0) is 43.5 Å². The smallest absolute Gasteiger partial charge is 0.258 e. The highest BCUT2D eigenvalue weighted by Gasteiger charge is 2.33. The molecule has 0 unspecified atom stereocenters. The molecule has 8 heteroatoms. The number of halogens is 1. The van der Waals surface area contributed by atoms with Crippen LogP contribution in [0.25, 0.3) is 11.5 Å². The zero-order valence-corrected chi connectivity index (χ0v) is 16.2. The first-order valence-electron chi connectivity index (χ1n) is 9.11. The Labute approximate surface area is 163 Å². The minimum atomic E-state index is -3.85. The van der Waals surface area contributed by atoms with E-state index in [1.54, 1.807) is 0 Å². The zero-order chi connectivity index (χ0) is 19.7. The molecule has 2 heterocycles. The molecule has 0 radical (unpaired) electrons. The van der Waals surface area contributed by atoms with E-state index in [1.165, 1.54) is 22.5 Å². The Kier molecular flexibility index (Phi) is 4.99. The first-order valence-corrected chi connectivity index (χ1v) is 10.5. The largest absolute Gasteiger partial charge is 0.334 e. The minimum Gasteiger partial charge on any atom is -0.334 e. The van der Waals surface area contributed by atoms with Gasteiger partial charge in [0, 0.05) is 24.6 Å². The molecule has 0 aliphatic carbocycles. The van der Waals surface area contributed by atoms with Crippen molar-refractivity contribution in [3.8, 4) is 11.5 Å². The van der Waals surface area contributed by atoms with Crippen molar-refractivity contribution in [3.05, 3.63) is 65.7 Å². The predicted molar refractivity (Wildman–Crippen MR) is 102 cm³/mol. The van der Waals surface area contributed by atoms with Gasteiger partial charge in [0.25, 0.3) is 5.89 Å². The molecule has 1 aliphatic rings. The summed E-state index contributed by atoms with van der Waals surface area (Å²) in [5.41, 5.74) is 1.93. The molecular weight excluding hydrogens is 381 g/mol. The monoisotopic (exact) mass is 401 g/mol. The average Bonchev–Trinajstić information content (AvgIpc) is 3.18. The van der Waals surface area contributed by atoms with Crippen LogP contribution in [0.4, 0.5) is 4.39 Å². The van der Waals surface area contributed by atoms with Crippen LogP contribution in [0.3, 0.4) is 0 Å². The number of nitrogens with zero attached hydrogens (tertiary/aromatic N) is 3. The number of hydrogen-bond donors (Lipinski definition) is 0.